The van der Waals surface area contributed by atoms with Gasteiger partial charge >= 0.3 is 0 Å². The number of nitriles is 1. The number of hydrogen-bond donors (Lipinski definition) is 0. The molecule has 4 heteroatoms. The number of nitrogens with zero attached hydrogens (tertiary/aromatic N) is 3. The molecule has 0 aromatic heterocycles. The van der Waals surface area contributed by atoms with Crippen LogP contribution in [0.5, 0.6) is 0 Å². The van der Waals surface area contributed by atoms with Crippen molar-refractivity contribution in [1.82, 2.24) is 0 Å². The van der Waals surface area contributed by atoms with E-state index in [1.165, 1.54) is 6.26 Å². The van der Waals surface area contributed by atoms with Gasteiger partial charge in [-0.3, -0.25) is 0 Å². The molecule has 0 amide bonds. The van der Waals surface area contributed by atoms with Crippen molar-refractivity contribution in [2.45, 2.75) is 0 Å². The van der Waals surface area contributed by atoms with Crippen molar-refractivity contribution in [3.05, 3.63) is 82.8 Å². The van der Waals surface area contributed by atoms with Crippen molar-refractivity contribution in [2.75, 3.05) is 19.0 Å². The third-order valence-corrected chi connectivity index (χ3v) is 3.09. The highest BCUT2D eigenvalue weighted by Crippen LogP contribution is 2.20. The number of ether oxygens (including phenoxy) is 1. The molecule has 1 heterocycles. The van der Waals surface area contributed by atoms with Crippen LogP contribution in [0.25, 0.3) is 10.9 Å². The molecule has 0 unspecified atom stereocenters. The first kappa shape index (κ1) is 15.2. The van der Waals surface area contributed by atoms with Crippen LogP contribution in [0.2, 0.25) is 0 Å². The lowest BCUT2D eigenvalue weighted by molar-refractivity contribution is 0.364. The van der Waals surface area contributed by atoms with E-state index >= 15 is 0 Å². The van der Waals surface area contributed by atoms with E-state index in [-0.39, 0.29) is 5.70 Å². The molecular weight excluding hydrogens is 274 g/mol. The molecule has 0 fully saturated rings. The molecule has 22 heavy (non-hydrogen) atoms. The Morgan fingerprint density at radius 1 is 1.27 bits per heavy atom. The van der Waals surface area contributed by atoms with Crippen molar-refractivity contribution in [2.24, 2.45) is 0 Å². The summed E-state index contributed by atoms with van der Waals surface area (Å²) in [5, 5.41) is 8.90. The van der Waals surface area contributed by atoms with Gasteiger partial charge < -0.3 is 9.64 Å². The summed E-state index contributed by atoms with van der Waals surface area (Å²) in [5.74, 6) is 0.589. The van der Waals surface area contributed by atoms with Gasteiger partial charge in [-0.25, -0.2) is 10.1 Å². The highest BCUT2D eigenvalue weighted by atomic mass is 16.5. The molecule has 1 aliphatic rings. The molecule has 0 bridgehead atoms. The van der Waals surface area contributed by atoms with Gasteiger partial charge in [-0.05, 0) is 41.5 Å². The Morgan fingerprint density at radius 3 is 2.59 bits per heavy atom. The first-order chi connectivity index (χ1) is 10.6. The quantitative estimate of drug-likeness (QED) is 0.626. The van der Waals surface area contributed by atoms with E-state index in [1.54, 1.807) is 12.2 Å². The molecule has 2 rings (SSSR count). The minimum atomic E-state index is 0.0563. The molecule has 1 aliphatic heterocycles. The average Bonchev–Trinajstić information content (AvgIpc) is 2.55. The molecule has 0 saturated heterocycles. The van der Waals surface area contributed by atoms with E-state index in [0.29, 0.717) is 11.3 Å². The van der Waals surface area contributed by atoms with Crippen molar-refractivity contribution < 1.29 is 4.74 Å². The Kier molecular flexibility index (Phi) is 4.80. The normalized spacial score (nSPS) is 15.5. The van der Waals surface area contributed by atoms with Gasteiger partial charge in [0, 0.05) is 19.8 Å². The summed E-state index contributed by atoms with van der Waals surface area (Å²) < 4.78 is 5.37. The standard InChI is InChI=1S/C18H15N3O/c1-20-18(13-19)15-10-11-22-17(12-15)9-6-14-4-7-16(8-5-14)21(2)3/h4-12H,2-3H3/b9-6+,18-15+. The van der Waals surface area contributed by atoms with Gasteiger partial charge in [0.15, 0.2) is 0 Å². The third-order valence-electron chi connectivity index (χ3n) is 3.09. The fourth-order valence-electron chi connectivity index (χ4n) is 1.87. The summed E-state index contributed by atoms with van der Waals surface area (Å²) in [4.78, 5) is 5.24. The van der Waals surface area contributed by atoms with Crippen LogP contribution in [-0.4, -0.2) is 14.1 Å². The zero-order chi connectivity index (χ0) is 15.9. The second-order valence-corrected chi connectivity index (χ2v) is 4.81. The SMILES string of the molecule is [C-]#[N+]/C(C#N)=C1\C=COC(/C=C/c2ccc(N(C)C)cc2)=C1. The molecule has 0 atom stereocenters. The summed E-state index contributed by atoms with van der Waals surface area (Å²) in [6, 6.07) is 9.98. The first-order valence-corrected chi connectivity index (χ1v) is 6.66. The largest absolute Gasteiger partial charge is 0.465 e. The van der Waals surface area contributed by atoms with Crippen molar-refractivity contribution in [3.8, 4) is 6.07 Å². The fraction of sp³-hybridized carbons (Fsp3) is 0.111. The minimum absolute atomic E-state index is 0.0563. The molecule has 0 saturated carbocycles. The summed E-state index contributed by atoms with van der Waals surface area (Å²) in [5.41, 5.74) is 2.79. The Bertz CT molecular complexity index is 735. The lowest BCUT2D eigenvalue weighted by Gasteiger charge is -2.12. The maximum atomic E-state index is 8.90. The van der Waals surface area contributed by atoms with Crippen LogP contribution in [0.1, 0.15) is 5.56 Å². The van der Waals surface area contributed by atoms with Gasteiger partial charge in [-0.15, -0.1) is 0 Å². The van der Waals surface area contributed by atoms with Crippen LogP contribution >= 0.6 is 0 Å². The minimum Gasteiger partial charge on any atom is -0.465 e. The van der Waals surface area contributed by atoms with Crippen LogP contribution in [0.4, 0.5) is 5.69 Å². The van der Waals surface area contributed by atoms with Crippen LogP contribution < -0.4 is 4.90 Å². The van der Waals surface area contributed by atoms with Crippen LogP contribution in [0.3, 0.4) is 0 Å². The smallest absolute Gasteiger partial charge is 0.269 e. The van der Waals surface area contributed by atoms with Gasteiger partial charge in [0.25, 0.3) is 5.70 Å². The summed E-state index contributed by atoms with van der Waals surface area (Å²) in [7, 11) is 3.99. The second kappa shape index (κ2) is 6.97. The van der Waals surface area contributed by atoms with Crippen molar-refractivity contribution >= 4 is 11.8 Å². The summed E-state index contributed by atoms with van der Waals surface area (Å²) >= 11 is 0. The number of anilines is 1. The predicted molar refractivity (Wildman–Crippen MR) is 87.4 cm³/mol. The number of hydrogen-bond acceptors (Lipinski definition) is 3. The number of rotatable bonds is 3. The van der Waals surface area contributed by atoms with E-state index < -0.39 is 0 Å². The van der Waals surface area contributed by atoms with E-state index in [9.17, 15) is 0 Å². The Balaban J connectivity index is 2.19. The molecule has 4 nitrogen and oxygen atoms in total. The lowest BCUT2D eigenvalue weighted by Crippen LogP contribution is -2.07. The third kappa shape index (κ3) is 3.65. The zero-order valence-corrected chi connectivity index (χ0v) is 12.4. The van der Waals surface area contributed by atoms with Gasteiger partial charge in [0.2, 0.25) is 0 Å². The highest BCUT2D eigenvalue weighted by molar-refractivity contribution is 5.58. The molecule has 1 aromatic rings. The summed E-state index contributed by atoms with van der Waals surface area (Å²) in [6.45, 7) is 6.97. The van der Waals surface area contributed by atoms with Gasteiger partial charge in [-0.1, -0.05) is 18.2 Å². The van der Waals surface area contributed by atoms with Crippen molar-refractivity contribution in [1.29, 1.82) is 5.26 Å². The Hall–Kier alpha value is -3.24. The Labute approximate surface area is 130 Å². The maximum Gasteiger partial charge on any atom is 0.269 e. The second-order valence-electron chi connectivity index (χ2n) is 4.81. The Morgan fingerprint density at radius 2 is 2.00 bits per heavy atom. The van der Waals surface area contributed by atoms with E-state index in [1.807, 2.05) is 61.5 Å². The number of benzene rings is 1. The molecule has 0 radical (unpaired) electrons. The number of allylic oxidation sites excluding steroid dienone is 5. The molecular formula is C18H15N3O. The van der Waals surface area contributed by atoms with E-state index in [4.69, 9.17) is 16.6 Å². The fourth-order valence-corrected chi connectivity index (χ4v) is 1.87. The van der Waals surface area contributed by atoms with Crippen LogP contribution in [0, 0.1) is 17.9 Å². The van der Waals surface area contributed by atoms with E-state index in [0.717, 1.165) is 11.3 Å². The van der Waals surface area contributed by atoms with E-state index in [2.05, 4.69) is 4.85 Å². The molecule has 0 N–H and O–H groups in total. The summed E-state index contributed by atoms with van der Waals surface area (Å²) in [6.07, 6.45) is 8.51. The molecule has 1 aromatic carbocycles. The predicted octanol–water partition coefficient (Wildman–Crippen LogP) is 3.89. The molecule has 0 aliphatic carbocycles. The van der Waals surface area contributed by atoms with Gasteiger partial charge in [0.1, 0.15) is 5.76 Å². The van der Waals surface area contributed by atoms with Crippen molar-refractivity contribution in [3.63, 3.8) is 0 Å². The lowest BCUT2D eigenvalue weighted by atomic mass is 10.1. The monoisotopic (exact) mass is 289 g/mol. The van der Waals surface area contributed by atoms with Gasteiger partial charge in [-0.2, -0.15) is 0 Å². The molecule has 108 valence electrons. The topological polar surface area (TPSA) is 40.6 Å². The van der Waals surface area contributed by atoms with Crippen LogP contribution in [-0.2, 0) is 4.74 Å². The highest BCUT2D eigenvalue weighted by Gasteiger charge is 2.06. The maximum absolute atomic E-state index is 8.90. The first-order valence-electron chi connectivity index (χ1n) is 6.66. The molecule has 0 spiro atoms. The average molecular weight is 289 g/mol. The van der Waals surface area contributed by atoms with Crippen LogP contribution in [0.15, 0.2) is 65.8 Å². The zero-order valence-electron chi connectivity index (χ0n) is 12.4. The van der Waals surface area contributed by atoms with Gasteiger partial charge in [0.05, 0.1) is 18.9 Å².